The molecule has 0 fully saturated rings. The van der Waals surface area contributed by atoms with Gasteiger partial charge in [0.05, 0.1) is 23.4 Å². The lowest BCUT2D eigenvalue weighted by Gasteiger charge is -2.14. The van der Waals surface area contributed by atoms with Crippen LogP contribution in [-0.2, 0) is 27.8 Å². The molecule has 1 atom stereocenters. The van der Waals surface area contributed by atoms with Crippen LogP contribution < -0.4 is 10.9 Å². The molecule has 0 aliphatic heterocycles. The highest BCUT2D eigenvalue weighted by atomic mass is 16.5. The van der Waals surface area contributed by atoms with Crippen molar-refractivity contribution in [1.29, 1.82) is 0 Å². The number of nitrogens with one attached hydrogen (secondary N) is 1. The number of carbonyl (C=O) groups is 2. The summed E-state index contributed by atoms with van der Waals surface area (Å²) < 4.78 is 6.84. The Hall–Kier alpha value is -3.48. The molecule has 7 nitrogen and oxygen atoms in total. The van der Waals surface area contributed by atoms with Gasteiger partial charge in [-0.2, -0.15) is 4.98 Å². The number of ether oxygens (including phenoxy) is 1. The maximum absolute atomic E-state index is 12.1. The predicted molar refractivity (Wildman–Crippen MR) is 109 cm³/mol. The van der Waals surface area contributed by atoms with E-state index >= 15 is 0 Å². The Morgan fingerprint density at radius 3 is 2.55 bits per heavy atom. The third kappa shape index (κ3) is 5.07. The first-order chi connectivity index (χ1) is 14.0. The zero-order valence-corrected chi connectivity index (χ0v) is 16.4. The van der Waals surface area contributed by atoms with Gasteiger partial charge >= 0.3 is 5.97 Å². The molecule has 3 aromatic rings. The van der Waals surface area contributed by atoms with E-state index in [1.807, 2.05) is 49.4 Å². The van der Waals surface area contributed by atoms with Crippen LogP contribution in [-0.4, -0.2) is 28.0 Å². The van der Waals surface area contributed by atoms with Crippen molar-refractivity contribution in [2.24, 2.45) is 7.05 Å². The number of nitrogens with zero attached hydrogens (tertiary/aromatic N) is 2. The molecule has 0 bridgehead atoms. The van der Waals surface area contributed by atoms with Gasteiger partial charge < -0.3 is 14.6 Å². The van der Waals surface area contributed by atoms with Crippen LogP contribution in [0.25, 0.3) is 10.9 Å². The lowest BCUT2D eigenvalue weighted by Crippen LogP contribution is -2.31. The Balaban J connectivity index is 1.51. The van der Waals surface area contributed by atoms with Crippen molar-refractivity contribution in [2.45, 2.75) is 25.8 Å². The van der Waals surface area contributed by atoms with E-state index in [1.165, 1.54) is 0 Å². The molecule has 2 aromatic carbocycles. The molecule has 0 radical (unpaired) electrons. The van der Waals surface area contributed by atoms with Gasteiger partial charge in [0.1, 0.15) is 5.82 Å². The fourth-order valence-corrected chi connectivity index (χ4v) is 3.10. The number of esters is 1. The van der Waals surface area contributed by atoms with Gasteiger partial charge in [0.15, 0.2) is 6.61 Å². The van der Waals surface area contributed by atoms with Crippen molar-refractivity contribution in [2.75, 3.05) is 6.61 Å². The molecule has 0 unspecified atom stereocenters. The minimum atomic E-state index is -0.519. The van der Waals surface area contributed by atoms with Gasteiger partial charge in [-0.1, -0.05) is 42.5 Å². The number of amides is 1. The normalized spacial score (nSPS) is 11.8. The van der Waals surface area contributed by atoms with Gasteiger partial charge in [0.25, 0.3) is 11.5 Å². The monoisotopic (exact) mass is 393 g/mol. The van der Waals surface area contributed by atoms with Gasteiger partial charge in [0.2, 0.25) is 0 Å². The van der Waals surface area contributed by atoms with Crippen LogP contribution >= 0.6 is 0 Å². The van der Waals surface area contributed by atoms with Gasteiger partial charge in [-0.25, -0.2) is 0 Å². The standard InChI is InChI=1S/C22H23N3O4/c1-15(16-8-4-3-5-9-16)23-20(26)14-29-21(27)13-12-19-24-22(28)17-10-6-7-11-18(17)25(19)2/h3-11,15H,12-14H2,1-2H3,(H,23,26)/t15-/m1/s1. The number of hydrogen-bond acceptors (Lipinski definition) is 5. The van der Waals surface area contributed by atoms with Crippen LogP contribution in [0.4, 0.5) is 0 Å². The molecule has 1 amide bonds. The largest absolute Gasteiger partial charge is 0.456 e. The SMILES string of the molecule is C[C@@H](NC(=O)COC(=O)CCc1nc(=O)c2ccccc2n1C)c1ccccc1. The van der Waals surface area contributed by atoms with Crippen molar-refractivity contribution >= 4 is 22.8 Å². The highest BCUT2D eigenvalue weighted by Crippen LogP contribution is 2.12. The summed E-state index contributed by atoms with van der Waals surface area (Å²) in [7, 11) is 1.80. The van der Waals surface area contributed by atoms with Crippen LogP contribution in [0.15, 0.2) is 59.4 Å². The van der Waals surface area contributed by atoms with Crippen molar-refractivity contribution in [3.8, 4) is 0 Å². The average Bonchev–Trinajstić information content (AvgIpc) is 2.74. The number of carbonyl (C=O) groups excluding carboxylic acids is 2. The molecule has 3 rings (SSSR count). The molecule has 29 heavy (non-hydrogen) atoms. The molecule has 1 N–H and O–H groups in total. The lowest BCUT2D eigenvalue weighted by atomic mass is 10.1. The van der Waals surface area contributed by atoms with E-state index in [0.29, 0.717) is 11.2 Å². The summed E-state index contributed by atoms with van der Waals surface area (Å²) >= 11 is 0. The summed E-state index contributed by atoms with van der Waals surface area (Å²) in [6.07, 6.45) is 0.275. The summed E-state index contributed by atoms with van der Waals surface area (Å²) in [5.74, 6) is -0.395. The van der Waals surface area contributed by atoms with Crippen LogP contribution in [0.3, 0.4) is 0 Å². The number of para-hydroxylation sites is 1. The van der Waals surface area contributed by atoms with E-state index in [-0.39, 0.29) is 37.0 Å². The van der Waals surface area contributed by atoms with Crippen molar-refractivity contribution in [3.05, 3.63) is 76.3 Å². The van der Waals surface area contributed by atoms with Crippen molar-refractivity contribution in [1.82, 2.24) is 14.9 Å². The fourth-order valence-electron chi connectivity index (χ4n) is 3.10. The molecule has 1 heterocycles. The van der Waals surface area contributed by atoms with E-state index in [2.05, 4.69) is 10.3 Å². The second-order valence-corrected chi connectivity index (χ2v) is 6.77. The molecule has 0 saturated heterocycles. The molecule has 0 aliphatic carbocycles. The fraction of sp³-hybridized carbons (Fsp3) is 0.273. The van der Waals surface area contributed by atoms with E-state index in [0.717, 1.165) is 11.1 Å². The summed E-state index contributed by atoms with van der Waals surface area (Å²) in [5, 5.41) is 3.32. The van der Waals surface area contributed by atoms with Gasteiger partial charge in [-0.3, -0.25) is 14.4 Å². The van der Waals surface area contributed by atoms with Crippen LogP contribution in [0.1, 0.15) is 30.8 Å². The van der Waals surface area contributed by atoms with Crippen LogP contribution in [0.2, 0.25) is 0 Å². The Morgan fingerprint density at radius 1 is 1.10 bits per heavy atom. The zero-order chi connectivity index (χ0) is 20.8. The van der Waals surface area contributed by atoms with Crippen molar-refractivity contribution in [3.63, 3.8) is 0 Å². The summed E-state index contributed by atoms with van der Waals surface area (Å²) in [6.45, 7) is 1.51. The third-order valence-electron chi connectivity index (χ3n) is 4.71. The maximum Gasteiger partial charge on any atom is 0.306 e. The zero-order valence-electron chi connectivity index (χ0n) is 16.4. The molecule has 0 spiro atoms. The molecular weight excluding hydrogens is 370 g/mol. The number of benzene rings is 2. The van der Waals surface area contributed by atoms with E-state index < -0.39 is 5.97 Å². The average molecular weight is 393 g/mol. The topological polar surface area (TPSA) is 90.3 Å². The number of rotatable bonds is 7. The highest BCUT2D eigenvalue weighted by molar-refractivity contribution is 5.81. The Bertz CT molecular complexity index is 1080. The molecule has 0 aliphatic rings. The maximum atomic E-state index is 12.1. The second-order valence-electron chi connectivity index (χ2n) is 6.77. The summed E-state index contributed by atoms with van der Waals surface area (Å²) in [6, 6.07) is 16.5. The van der Waals surface area contributed by atoms with E-state index in [4.69, 9.17) is 4.74 Å². The summed E-state index contributed by atoms with van der Waals surface area (Å²) in [5.41, 5.74) is 1.40. The lowest BCUT2D eigenvalue weighted by molar-refractivity contribution is -0.148. The molecule has 7 heteroatoms. The molecule has 1 aromatic heterocycles. The first kappa shape index (κ1) is 20.3. The van der Waals surface area contributed by atoms with Gasteiger partial charge in [0, 0.05) is 13.5 Å². The minimum Gasteiger partial charge on any atom is -0.456 e. The molecule has 150 valence electrons. The first-order valence-electron chi connectivity index (χ1n) is 9.40. The molecular formula is C22H23N3O4. The van der Waals surface area contributed by atoms with E-state index in [1.54, 1.807) is 23.7 Å². The predicted octanol–water partition coefficient (Wildman–Crippen LogP) is 2.29. The quantitative estimate of drug-likeness (QED) is 0.622. The number of aryl methyl sites for hydroxylation is 2. The number of hydrogen-bond donors (Lipinski definition) is 1. The smallest absolute Gasteiger partial charge is 0.306 e. The minimum absolute atomic E-state index is 0.0279. The number of aromatic nitrogens is 2. The summed E-state index contributed by atoms with van der Waals surface area (Å²) in [4.78, 5) is 40.2. The van der Waals surface area contributed by atoms with Gasteiger partial charge in [-0.15, -0.1) is 0 Å². The number of fused-ring (bicyclic) bond motifs is 1. The van der Waals surface area contributed by atoms with E-state index in [9.17, 15) is 14.4 Å². The van der Waals surface area contributed by atoms with Crippen LogP contribution in [0, 0.1) is 0 Å². The molecule has 0 saturated carbocycles. The first-order valence-corrected chi connectivity index (χ1v) is 9.40. The Labute approximate surface area is 168 Å². The second kappa shape index (κ2) is 9.14. The highest BCUT2D eigenvalue weighted by Gasteiger charge is 2.13. The third-order valence-corrected chi connectivity index (χ3v) is 4.71. The van der Waals surface area contributed by atoms with Crippen LogP contribution in [0.5, 0.6) is 0 Å². The van der Waals surface area contributed by atoms with Gasteiger partial charge in [-0.05, 0) is 24.6 Å². The Kier molecular flexibility index (Phi) is 6.39. The van der Waals surface area contributed by atoms with Crippen molar-refractivity contribution < 1.29 is 14.3 Å². The Morgan fingerprint density at radius 2 is 1.79 bits per heavy atom.